The third kappa shape index (κ3) is 10.3. The summed E-state index contributed by atoms with van der Waals surface area (Å²) >= 11 is 0. The lowest BCUT2D eigenvalue weighted by Crippen LogP contribution is -2.39. The van der Waals surface area contributed by atoms with Crippen LogP contribution in [0.5, 0.6) is 0 Å². The molecule has 0 bridgehead atoms. The standard InChI is InChI=1S/C23H43N3O3/c1-4-5-6-7-10-13-16-24-21(19-27)15-12-9-8-11-14-17-26-22(28)20(2)18-25(3)23(26)29/h18,21,24,27H,4-17,19H2,1-3H3. The van der Waals surface area contributed by atoms with E-state index in [2.05, 4.69) is 12.2 Å². The van der Waals surface area contributed by atoms with Crippen molar-refractivity contribution in [2.45, 2.75) is 103 Å². The fourth-order valence-electron chi connectivity index (χ4n) is 3.75. The Hall–Kier alpha value is -1.40. The minimum atomic E-state index is -0.233. The molecule has 1 aromatic heterocycles. The molecule has 2 N–H and O–H groups in total. The molecule has 1 heterocycles. The maximum atomic E-state index is 12.1. The molecule has 6 heteroatoms. The minimum absolute atomic E-state index is 0.171. The van der Waals surface area contributed by atoms with E-state index in [9.17, 15) is 14.7 Å². The first-order valence-electron chi connectivity index (χ1n) is 11.6. The minimum Gasteiger partial charge on any atom is -0.395 e. The van der Waals surface area contributed by atoms with E-state index in [1.165, 1.54) is 47.7 Å². The molecular weight excluding hydrogens is 366 g/mol. The summed E-state index contributed by atoms with van der Waals surface area (Å²) in [6.45, 7) is 5.68. The molecule has 1 unspecified atom stereocenters. The van der Waals surface area contributed by atoms with Crippen LogP contribution in [0.25, 0.3) is 0 Å². The number of nitrogens with zero attached hydrogens (tertiary/aromatic N) is 2. The zero-order chi connectivity index (χ0) is 21.5. The summed E-state index contributed by atoms with van der Waals surface area (Å²) in [4.78, 5) is 24.2. The van der Waals surface area contributed by atoms with Gasteiger partial charge in [-0.2, -0.15) is 0 Å². The van der Waals surface area contributed by atoms with Crippen molar-refractivity contribution in [3.8, 4) is 0 Å². The summed E-state index contributed by atoms with van der Waals surface area (Å²) in [7, 11) is 1.68. The summed E-state index contributed by atoms with van der Waals surface area (Å²) in [5.41, 5.74) is 0.203. The average molecular weight is 410 g/mol. The van der Waals surface area contributed by atoms with Crippen molar-refractivity contribution in [3.05, 3.63) is 32.6 Å². The van der Waals surface area contributed by atoms with Gasteiger partial charge in [-0.25, -0.2) is 4.79 Å². The first-order chi connectivity index (χ1) is 14.0. The van der Waals surface area contributed by atoms with Crippen molar-refractivity contribution in [2.75, 3.05) is 13.2 Å². The van der Waals surface area contributed by atoms with Crippen LogP contribution in [0.15, 0.2) is 15.8 Å². The van der Waals surface area contributed by atoms with Crippen LogP contribution >= 0.6 is 0 Å². The van der Waals surface area contributed by atoms with Crippen molar-refractivity contribution < 1.29 is 5.11 Å². The Morgan fingerprint density at radius 1 is 0.966 bits per heavy atom. The second kappa shape index (κ2) is 15.4. The quantitative estimate of drug-likeness (QED) is 0.386. The van der Waals surface area contributed by atoms with E-state index in [0.717, 1.165) is 45.1 Å². The highest BCUT2D eigenvalue weighted by Gasteiger charge is 2.07. The van der Waals surface area contributed by atoms with Gasteiger partial charge in [-0.3, -0.25) is 9.36 Å². The molecule has 168 valence electrons. The Morgan fingerprint density at radius 3 is 2.28 bits per heavy atom. The molecule has 0 amide bonds. The average Bonchev–Trinajstić information content (AvgIpc) is 2.71. The van der Waals surface area contributed by atoms with Crippen LogP contribution in [0.2, 0.25) is 0 Å². The third-order valence-corrected chi connectivity index (χ3v) is 5.62. The number of aliphatic hydroxyl groups is 1. The molecule has 1 aromatic rings. The molecule has 0 saturated carbocycles. The SMILES string of the molecule is CCCCCCCCNC(CO)CCCCCCCn1c(=O)c(C)cn(C)c1=O. The van der Waals surface area contributed by atoms with E-state index < -0.39 is 0 Å². The van der Waals surface area contributed by atoms with Crippen molar-refractivity contribution in [1.82, 2.24) is 14.5 Å². The van der Waals surface area contributed by atoms with Crippen molar-refractivity contribution in [3.63, 3.8) is 0 Å². The van der Waals surface area contributed by atoms with Gasteiger partial charge in [-0.05, 0) is 32.7 Å². The van der Waals surface area contributed by atoms with Gasteiger partial charge in [0.25, 0.3) is 5.56 Å². The summed E-state index contributed by atoms with van der Waals surface area (Å²) < 4.78 is 2.83. The van der Waals surface area contributed by atoms with Crippen LogP contribution in [0, 0.1) is 6.92 Å². The fraction of sp³-hybridized carbons (Fsp3) is 0.826. The highest BCUT2D eigenvalue weighted by atomic mass is 16.3. The Kier molecular flexibility index (Phi) is 13.7. The zero-order valence-corrected chi connectivity index (χ0v) is 18.9. The van der Waals surface area contributed by atoms with Crippen LogP contribution in [0.1, 0.15) is 89.5 Å². The number of aromatic nitrogens is 2. The number of hydrogen-bond donors (Lipinski definition) is 2. The molecule has 0 aromatic carbocycles. The van der Waals surface area contributed by atoms with Gasteiger partial charge in [-0.15, -0.1) is 0 Å². The van der Waals surface area contributed by atoms with Crippen molar-refractivity contribution in [1.29, 1.82) is 0 Å². The van der Waals surface area contributed by atoms with Crippen LogP contribution in [0.4, 0.5) is 0 Å². The van der Waals surface area contributed by atoms with Crippen LogP contribution in [0.3, 0.4) is 0 Å². The van der Waals surface area contributed by atoms with Gasteiger partial charge in [0.2, 0.25) is 0 Å². The smallest absolute Gasteiger partial charge is 0.330 e. The molecule has 0 aliphatic rings. The molecule has 29 heavy (non-hydrogen) atoms. The third-order valence-electron chi connectivity index (χ3n) is 5.62. The molecule has 1 atom stereocenters. The maximum Gasteiger partial charge on any atom is 0.330 e. The summed E-state index contributed by atoms with van der Waals surface area (Å²) in [5, 5.41) is 13.0. The summed E-state index contributed by atoms with van der Waals surface area (Å²) in [6, 6.07) is 0.208. The van der Waals surface area contributed by atoms with Crippen LogP contribution < -0.4 is 16.6 Å². The van der Waals surface area contributed by atoms with Gasteiger partial charge in [0, 0.05) is 31.4 Å². The predicted octanol–water partition coefficient (Wildman–Crippen LogP) is 3.51. The normalized spacial score (nSPS) is 12.4. The van der Waals surface area contributed by atoms with E-state index in [0.29, 0.717) is 12.1 Å². The Morgan fingerprint density at radius 2 is 1.59 bits per heavy atom. The number of aliphatic hydroxyl groups excluding tert-OH is 1. The van der Waals surface area contributed by atoms with Gasteiger partial charge in [-0.1, -0.05) is 64.7 Å². The van der Waals surface area contributed by atoms with Gasteiger partial charge in [0.05, 0.1) is 6.61 Å². The number of rotatable bonds is 17. The van der Waals surface area contributed by atoms with Gasteiger partial charge in [0.15, 0.2) is 0 Å². The summed E-state index contributed by atoms with van der Waals surface area (Å²) in [6.07, 6.45) is 15.5. The number of unbranched alkanes of at least 4 members (excludes halogenated alkanes) is 9. The molecule has 0 radical (unpaired) electrons. The van der Waals surface area contributed by atoms with Crippen LogP contribution in [-0.2, 0) is 13.6 Å². The first kappa shape index (κ1) is 25.6. The van der Waals surface area contributed by atoms with E-state index in [1.807, 2.05) is 0 Å². The van der Waals surface area contributed by atoms with Crippen molar-refractivity contribution >= 4 is 0 Å². The van der Waals surface area contributed by atoms with E-state index in [-0.39, 0.29) is 23.9 Å². The highest BCUT2D eigenvalue weighted by molar-refractivity contribution is 5.02. The predicted molar refractivity (Wildman–Crippen MR) is 121 cm³/mol. The Bertz CT molecular complexity index is 632. The second-order valence-corrected chi connectivity index (χ2v) is 8.32. The molecule has 0 fully saturated rings. The largest absolute Gasteiger partial charge is 0.395 e. The van der Waals surface area contributed by atoms with Crippen molar-refractivity contribution in [2.24, 2.45) is 7.05 Å². The number of hydrogen-bond acceptors (Lipinski definition) is 4. The molecule has 0 saturated heterocycles. The van der Waals surface area contributed by atoms with Gasteiger partial charge >= 0.3 is 5.69 Å². The number of nitrogens with one attached hydrogen (secondary N) is 1. The monoisotopic (exact) mass is 409 g/mol. The van der Waals surface area contributed by atoms with Gasteiger partial charge in [0.1, 0.15) is 0 Å². The molecule has 0 spiro atoms. The lowest BCUT2D eigenvalue weighted by Gasteiger charge is -2.16. The molecule has 0 aliphatic heterocycles. The molecular formula is C23H43N3O3. The lowest BCUT2D eigenvalue weighted by molar-refractivity contribution is 0.232. The maximum absolute atomic E-state index is 12.1. The van der Waals surface area contributed by atoms with E-state index in [1.54, 1.807) is 20.2 Å². The molecule has 1 rings (SSSR count). The lowest BCUT2D eigenvalue weighted by atomic mass is 10.1. The first-order valence-corrected chi connectivity index (χ1v) is 11.6. The zero-order valence-electron chi connectivity index (χ0n) is 18.9. The second-order valence-electron chi connectivity index (χ2n) is 8.32. The van der Waals surface area contributed by atoms with E-state index in [4.69, 9.17) is 0 Å². The Balaban J connectivity index is 2.11. The Labute approximate surface area is 176 Å². The summed E-state index contributed by atoms with van der Waals surface area (Å²) in [5.74, 6) is 0. The van der Waals surface area contributed by atoms with Crippen LogP contribution in [-0.4, -0.2) is 33.4 Å². The number of aryl methyl sites for hydroxylation is 2. The van der Waals surface area contributed by atoms with E-state index >= 15 is 0 Å². The topological polar surface area (TPSA) is 76.3 Å². The highest BCUT2D eigenvalue weighted by Crippen LogP contribution is 2.09. The van der Waals surface area contributed by atoms with Gasteiger partial charge < -0.3 is 15.0 Å². The fourth-order valence-corrected chi connectivity index (χ4v) is 3.75. The molecule has 0 aliphatic carbocycles. The molecule has 6 nitrogen and oxygen atoms in total.